The van der Waals surface area contributed by atoms with Gasteiger partial charge >= 0.3 is 0 Å². The van der Waals surface area contributed by atoms with E-state index >= 15 is 0 Å². The first-order chi connectivity index (χ1) is 5.83. The number of hydrogen-bond donors (Lipinski definition) is 3. The van der Waals surface area contributed by atoms with Crippen molar-refractivity contribution >= 4 is 17.3 Å². The van der Waals surface area contributed by atoms with E-state index in [1.807, 2.05) is 6.20 Å². The minimum atomic E-state index is 0.668. The van der Waals surface area contributed by atoms with E-state index in [0.717, 1.165) is 18.8 Å². The first-order valence-corrected chi connectivity index (χ1v) is 4.17. The minimum Gasteiger partial charge on any atom is -0.366 e. The fraction of sp³-hybridized carbons (Fsp3) is 0.429. The number of aromatic nitrogens is 2. The lowest BCUT2D eigenvalue weighted by Crippen LogP contribution is -2.33. The summed E-state index contributed by atoms with van der Waals surface area (Å²) in [4.78, 5) is 7.09. The predicted octanol–water partition coefficient (Wildman–Crippen LogP) is 0.0461. The van der Waals surface area contributed by atoms with E-state index in [1.54, 1.807) is 13.2 Å². The zero-order chi connectivity index (χ0) is 8.81. The molecule has 0 fully saturated rings. The Hall–Kier alpha value is -1.10. The van der Waals surface area contributed by atoms with E-state index < -0.39 is 0 Å². The number of imidazole rings is 1. The Bertz CT molecular complexity index is 232. The lowest BCUT2D eigenvalue weighted by atomic mass is 10.4. The van der Waals surface area contributed by atoms with E-state index in [9.17, 15) is 0 Å². The molecular formula is C7H12N4S. The van der Waals surface area contributed by atoms with Gasteiger partial charge in [-0.05, 0) is 12.2 Å². The summed E-state index contributed by atoms with van der Waals surface area (Å²) in [6.07, 6.45) is 4.41. The average Bonchev–Trinajstić information content (AvgIpc) is 2.57. The van der Waals surface area contributed by atoms with Crippen LogP contribution in [0.2, 0.25) is 0 Å². The number of nitrogens with zero attached hydrogens (tertiary/aromatic N) is 1. The van der Waals surface area contributed by atoms with Crippen molar-refractivity contribution in [3.05, 3.63) is 18.2 Å². The Labute approximate surface area is 76.8 Å². The van der Waals surface area contributed by atoms with Gasteiger partial charge in [-0.1, -0.05) is 0 Å². The molecule has 0 spiro atoms. The molecule has 0 saturated heterocycles. The molecular weight excluding hydrogens is 172 g/mol. The highest BCUT2D eigenvalue weighted by molar-refractivity contribution is 7.80. The van der Waals surface area contributed by atoms with Crippen LogP contribution in [0.3, 0.4) is 0 Å². The van der Waals surface area contributed by atoms with Crippen molar-refractivity contribution in [1.29, 1.82) is 0 Å². The van der Waals surface area contributed by atoms with Crippen LogP contribution in [0.1, 0.15) is 5.82 Å². The topological polar surface area (TPSA) is 52.7 Å². The third kappa shape index (κ3) is 2.87. The Morgan fingerprint density at radius 1 is 1.75 bits per heavy atom. The van der Waals surface area contributed by atoms with Gasteiger partial charge in [-0.25, -0.2) is 4.98 Å². The zero-order valence-electron chi connectivity index (χ0n) is 6.92. The van der Waals surface area contributed by atoms with Crippen molar-refractivity contribution < 1.29 is 0 Å². The molecule has 1 aromatic rings. The van der Waals surface area contributed by atoms with Crippen LogP contribution in [0, 0.1) is 0 Å². The maximum Gasteiger partial charge on any atom is 0.166 e. The van der Waals surface area contributed by atoms with Crippen LogP contribution < -0.4 is 10.6 Å². The van der Waals surface area contributed by atoms with Crippen LogP contribution in [0.4, 0.5) is 0 Å². The Morgan fingerprint density at radius 3 is 3.17 bits per heavy atom. The molecule has 0 aromatic carbocycles. The highest BCUT2D eigenvalue weighted by Gasteiger charge is 1.94. The molecule has 0 atom stereocenters. The molecule has 66 valence electrons. The van der Waals surface area contributed by atoms with Crippen LogP contribution in [0.15, 0.2) is 12.4 Å². The number of H-pyrrole nitrogens is 1. The Balaban J connectivity index is 2.15. The second kappa shape index (κ2) is 4.71. The number of thiocarbonyl (C=S) groups is 1. The first kappa shape index (κ1) is 8.99. The van der Waals surface area contributed by atoms with E-state index in [4.69, 9.17) is 12.2 Å². The molecule has 0 aliphatic carbocycles. The largest absolute Gasteiger partial charge is 0.366 e. The molecule has 5 heteroatoms. The summed E-state index contributed by atoms with van der Waals surface area (Å²) in [6.45, 7) is 0.799. The van der Waals surface area contributed by atoms with E-state index in [0.29, 0.717) is 5.11 Å². The SMILES string of the molecule is CNC(=S)NCCc1ncc[nH]1. The van der Waals surface area contributed by atoms with Gasteiger partial charge in [-0.15, -0.1) is 0 Å². The molecule has 0 aliphatic heterocycles. The highest BCUT2D eigenvalue weighted by Crippen LogP contribution is 1.87. The number of nitrogens with one attached hydrogen (secondary N) is 3. The molecule has 1 aromatic heterocycles. The van der Waals surface area contributed by atoms with Crippen molar-refractivity contribution in [2.24, 2.45) is 0 Å². The van der Waals surface area contributed by atoms with Crippen molar-refractivity contribution in [2.75, 3.05) is 13.6 Å². The Morgan fingerprint density at radius 2 is 2.58 bits per heavy atom. The van der Waals surface area contributed by atoms with Crippen molar-refractivity contribution in [3.63, 3.8) is 0 Å². The molecule has 0 unspecified atom stereocenters. The van der Waals surface area contributed by atoms with Gasteiger partial charge in [-0.3, -0.25) is 0 Å². The van der Waals surface area contributed by atoms with Gasteiger partial charge in [0, 0.05) is 32.4 Å². The lowest BCUT2D eigenvalue weighted by Gasteiger charge is -2.04. The minimum absolute atomic E-state index is 0.668. The summed E-state index contributed by atoms with van der Waals surface area (Å²) in [5.41, 5.74) is 0. The van der Waals surface area contributed by atoms with Gasteiger partial charge in [0.1, 0.15) is 5.82 Å². The van der Waals surface area contributed by atoms with Crippen LogP contribution in [0.5, 0.6) is 0 Å². The normalized spacial score (nSPS) is 9.42. The fourth-order valence-corrected chi connectivity index (χ4v) is 0.920. The van der Waals surface area contributed by atoms with Gasteiger partial charge in [-0.2, -0.15) is 0 Å². The Kier molecular flexibility index (Phi) is 3.53. The van der Waals surface area contributed by atoms with Gasteiger partial charge < -0.3 is 15.6 Å². The molecule has 0 amide bonds. The van der Waals surface area contributed by atoms with Gasteiger partial charge in [0.15, 0.2) is 5.11 Å². The quantitative estimate of drug-likeness (QED) is 0.581. The molecule has 0 bridgehead atoms. The van der Waals surface area contributed by atoms with Gasteiger partial charge in [0.25, 0.3) is 0 Å². The summed E-state index contributed by atoms with van der Waals surface area (Å²) in [7, 11) is 1.79. The zero-order valence-corrected chi connectivity index (χ0v) is 7.74. The predicted molar refractivity (Wildman–Crippen MR) is 52.0 cm³/mol. The van der Waals surface area contributed by atoms with Crippen molar-refractivity contribution in [1.82, 2.24) is 20.6 Å². The molecule has 3 N–H and O–H groups in total. The van der Waals surface area contributed by atoms with Crippen LogP contribution in [-0.4, -0.2) is 28.7 Å². The molecule has 12 heavy (non-hydrogen) atoms. The standard InChI is InChI=1S/C7H12N4S/c1-8-7(12)11-3-2-6-9-4-5-10-6/h4-5H,2-3H2,1H3,(H,9,10)(H2,8,11,12). The van der Waals surface area contributed by atoms with Crippen LogP contribution >= 0.6 is 12.2 Å². The van der Waals surface area contributed by atoms with Crippen molar-refractivity contribution in [2.45, 2.75) is 6.42 Å². The number of hydrogen-bond acceptors (Lipinski definition) is 2. The van der Waals surface area contributed by atoms with Crippen molar-refractivity contribution in [3.8, 4) is 0 Å². The second-order valence-corrected chi connectivity index (χ2v) is 2.70. The van der Waals surface area contributed by atoms with E-state index in [2.05, 4.69) is 20.6 Å². The average molecular weight is 184 g/mol. The maximum atomic E-state index is 4.90. The molecule has 1 rings (SSSR count). The summed E-state index contributed by atoms with van der Waals surface area (Å²) < 4.78 is 0. The third-order valence-corrected chi connectivity index (χ3v) is 1.78. The van der Waals surface area contributed by atoms with Crippen LogP contribution in [-0.2, 0) is 6.42 Å². The maximum absolute atomic E-state index is 4.90. The molecule has 0 saturated carbocycles. The second-order valence-electron chi connectivity index (χ2n) is 2.29. The van der Waals surface area contributed by atoms with Gasteiger partial charge in [0.2, 0.25) is 0 Å². The summed E-state index contributed by atoms with van der Waals surface area (Å²) in [5.74, 6) is 0.974. The summed E-state index contributed by atoms with van der Waals surface area (Å²) >= 11 is 4.90. The van der Waals surface area contributed by atoms with E-state index in [1.165, 1.54) is 0 Å². The molecule has 1 heterocycles. The monoisotopic (exact) mass is 184 g/mol. The number of aromatic amines is 1. The molecule has 4 nitrogen and oxygen atoms in total. The summed E-state index contributed by atoms with van der Waals surface area (Å²) in [6, 6.07) is 0. The number of rotatable bonds is 3. The molecule has 0 radical (unpaired) electrons. The van der Waals surface area contributed by atoms with E-state index in [-0.39, 0.29) is 0 Å². The van der Waals surface area contributed by atoms with Gasteiger partial charge in [0.05, 0.1) is 0 Å². The van der Waals surface area contributed by atoms with Crippen LogP contribution in [0.25, 0.3) is 0 Å². The first-order valence-electron chi connectivity index (χ1n) is 3.77. The third-order valence-electron chi connectivity index (χ3n) is 1.43. The highest BCUT2D eigenvalue weighted by atomic mass is 32.1. The smallest absolute Gasteiger partial charge is 0.166 e. The summed E-state index contributed by atoms with van der Waals surface area (Å²) in [5, 5.41) is 6.53. The molecule has 0 aliphatic rings. The lowest BCUT2D eigenvalue weighted by molar-refractivity contribution is 0.814. The fourth-order valence-electron chi connectivity index (χ4n) is 0.818.